The fourth-order valence-electron chi connectivity index (χ4n) is 12.2. The molecule has 3 N–H and O–H groups in total. The predicted octanol–water partition coefficient (Wildman–Crippen LogP) is 23.6. The molecule has 0 aromatic carbocycles. The molecule has 7 atom stereocenters. The van der Waals surface area contributed by atoms with Crippen molar-refractivity contribution in [1.29, 1.82) is 0 Å². The molecule has 17 nitrogen and oxygen atoms in total. The van der Waals surface area contributed by atoms with E-state index >= 15 is 0 Å². The van der Waals surface area contributed by atoms with E-state index in [2.05, 4.69) is 55.4 Å². The molecule has 0 heterocycles. The number of hydrogen-bond acceptors (Lipinski definition) is 15. The van der Waals surface area contributed by atoms with Crippen LogP contribution in [-0.2, 0) is 65.4 Å². The zero-order chi connectivity index (χ0) is 73.1. The first-order valence-corrected chi connectivity index (χ1v) is 44.3. The summed E-state index contributed by atoms with van der Waals surface area (Å²) < 4.78 is 68.7. The molecule has 0 amide bonds. The van der Waals surface area contributed by atoms with Crippen molar-refractivity contribution in [2.75, 3.05) is 39.6 Å². The number of aliphatic hydroxyl groups excluding tert-OH is 1. The monoisotopic (exact) mass is 1450 g/mol. The van der Waals surface area contributed by atoms with Crippen molar-refractivity contribution < 1.29 is 80.2 Å². The van der Waals surface area contributed by atoms with E-state index in [-0.39, 0.29) is 25.7 Å². The standard InChI is InChI=1S/C80H156O17P2/c1-9-72(7)58-50-42-33-27-21-17-14-15-18-22-29-35-44-52-60-77(82)90-66-75(96-79(84)62-54-46-36-30-23-19-13-11-12-16-20-26-32-40-48-56-70(3)4)68-94-98(86,87)92-64-74(81)65-93-99(88,89)95-69-76(67-91-78(83)61-53-45-39-38-41-49-57-71(5)6)97-80(85)63-55-47-37-31-25-24-28-34-43-51-59-73(8)10-2/h70-76,81H,9-69H2,1-8H3,(H,86,87)(H,88,89)/t72?,73?,74-,75-,76-/m1/s1. The largest absolute Gasteiger partial charge is 0.472 e. The summed E-state index contributed by atoms with van der Waals surface area (Å²) in [7, 11) is -9.92. The minimum atomic E-state index is -4.96. The van der Waals surface area contributed by atoms with Gasteiger partial charge in [0.2, 0.25) is 0 Å². The molecule has 588 valence electrons. The summed E-state index contributed by atoms with van der Waals surface area (Å²) in [6, 6.07) is 0. The molecule has 0 saturated heterocycles. The minimum absolute atomic E-state index is 0.105. The topological polar surface area (TPSA) is 237 Å². The van der Waals surface area contributed by atoms with Crippen LogP contribution in [-0.4, -0.2) is 96.7 Å². The third-order valence-electron chi connectivity index (χ3n) is 19.3. The first kappa shape index (κ1) is 97.1. The fourth-order valence-corrected chi connectivity index (χ4v) is 13.8. The van der Waals surface area contributed by atoms with Gasteiger partial charge in [-0.3, -0.25) is 37.3 Å². The lowest BCUT2D eigenvalue weighted by Gasteiger charge is -2.21. The van der Waals surface area contributed by atoms with E-state index in [9.17, 15) is 43.2 Å². The van der Waals surface area contributed by atoms with Gasteiger partial charge in [-0.05, 0) is 49.4 Å². The number of rotatable bonds is 77. The van der Waals surface area contributed by atoms with Gasteiger partial charge in [-0.1, -0.05) is 357 Å². The van der Waals surface area contributed by atoms with E-state index in [1.54, 1.807) is 0 Å². The van der Waals surface area contributed by atoms with Gasteiger partial charge in [0, 0.05) is 25.7 Å². The lowest BCUT2D eigenvalue weighted by atomic mass is 9.99. The summed E-state index contributed by atoms with van der Waals surface area (Å²) >= 11 is 0. The predicted molar refractivity (Wildman–Crippen MR) is 404 cm³/mol. The quantitative estimate of drug-likeness (QED) is 0.0222. The van der Waals surface area contributed by atoms with Crippen LogP contribution in [0.2, 0.25) is 0 Å². The van der Waals surface area contributed by atoms with Crippen molar-refractivity contribution in [3.05, 3.63) is 0 Å². The Kier molecular flexibility index (Phi) is 67.8. The maximum atomic E-state index is 13.1. The summed E-state index contributed by atoms with van der Waals surface area (Å²) in [4.78, 5) is 73.0. The average Bonchev–Trinajstić information content (AvgIpc) is 0.995. The number of carbonyl (C=O) groups excluding carboxylic acids is 4. The third-order valence-corrected chi connectivity index (χ3v) is 21.2. The summed E-state index contributed by atoms with van der Waals surface area (Å²) in [5.41, 5.74) is 0. The van der Waals surface area contributed by atoms with Gasteiger partial charge < -0.3 is 33.8 Å². The number of unbranched alkanes of at least 4 members (excludes halogenated alkanes) is 41. The maximum Gasteiger partial charge on any atom is 0.472 e. The van der Waals surface area contributed by atoms with Gasteiger partial charge in [-0.15, -0.1) is 0 Å². The number of phosphoric acid groups is 2. The SMILES string of the molecule is CCC(C)CCCCCCCCCCCCCCCCC(=O)OC[C@H](COP(=O)(O)OC[C@@H](O)COP(=O)(O)OC[C@@H](COC(=O)CCCCCCCCC(C)C)OC(=O)CCCCCCCCCCCCC(C)CC)OC(=O)CCCCCCCCCCCCCCCCCC(C)C. The first-order chi connectivity index (χ1) is 47.7. The Labute approximate surface area is 607 Å². The molecule has 0 aliphatic heterocycles. The zero-order valence-electron chi connectivity index (χ0n) is 65.1. The van der Waals surface area contributed by atoms with Gasteiger partial charge in [0.1, 0.15) is 19.3 Å². The Morgan fingerprint density at radius 2 is 0.485 bits per heavy atom. The highest BCUT2D eigenvalue weighted by Crippen LogP contribution is 2.45. The Balaban J connectivity index is 5.24. The number of hydrogen-bond donors (Lipinski definition) is 3. The van der Waals surface area contributed by atoms with E-state index in [1.807, 2.05) is 0 Å². The Morgan fingerprint density at radius 1 is 0.283 bits per heavy atom. The smallest absolute Gasteiger partial charge is 0.462 e. The number of aliphatic hydroxyl groups is 1. The lowest BCUT2D eigenvalue weighted by molar-refractivity contribution is -0.161. The molecule has 0 radical (unpaired) electrons. The van der Waals surface area contributed by atoms with E-state index in [1.165, 1.54) is 205 Å². The van der Waals surface area contributed by atoms with Gasteiger partial charge in [0.05, 0.1) is 26.4 Å². The Morgan fingerprint density at radius 3 is 0.717 bits per heavy atom. The molecule has 0 fully saturated rings. The van der Waals surface area contributed by atoms with Crippen LogP contribution in [0.15, 0.2) is 0 Å². The normalized spacial score (nSPS) is 14.6. The van der Waals surface area contributed by atoms with E-state index in [0.717, 1.165) is 114 Å². The van der Waals surface area contributed by atoms with Crippen LogP contribution in [0, 0.1) is 23.7 Å². The van der Waals surface area contributed by atoms with E-state index in [0.29, 0.717) is 31.6 Å². The number of carbonyl (C=O) groups is 4. The van der Waals surface area contributed by atoms with Crippen LogP contribution in [0.25, 0.3) is 0 Å². The first-order valence-electron chi connectivity index (χ1n) is 41.3. The molecule has 0 aromatic rings. The molecule has 99 heavy (non-hydrogen) atoms. The van der Waals surface area contributed by atoms with E-state index in [4.69, 9.17) is 37.0 Å². The highest BCUT2D eigenvalue weighted by Gasteiger charge is 2.30. The Bertz CT molecular complexity index is 1940. The minimum Gasteiger partial charge on any atom is -0.462 e. The highest BCUT2D eigenvalue weighted by molar-refractivity contribution is 7.47. The molecule has 0 aromatic heterocycles. The highest BCUT2D eigenvalue weighted by atomic mass is 31.2. The molecule has 0 rings (SSSR count). The summed E-state index contributed by atoms with van der Waals surface area (Å²) in [5.74, 6) is 1.02. The Hall–Kier alpha value is -1.94. The van der Waals surface area contributed by atoms with Crippen LogP contribution >= 0.6 is 15.6 Å². The molecule has 0 bridgehead atoms. The van der Waals surface area contributed by atoms with Crippen molar-refractivity contribution in [3.8, 4) is 0 Å². The molecule has 4 unspecified atom stereocenters. The molecule has 0 aliphatic carbocycles. The van der Waals surface area contributed by atoms with Crippen molar-refractivity contribution >= 4 is 39.5 Å². The molecule has 0 spiro atoms. The summed E-state index contributed by atoms with van der Waals surface area (Å²) in [5, 5.41) is 10.6. The fraction of sp³-hybridized carbons (Fsp3) is 0.950. The second-order valence-corrected chi connectivity index (χ2v) is 33.1. The van der Waals surface area contributed by atoms with Crippen LogP contribution in [0.4, 0.5) is 0 Å². The number of ether oxygens (including phenoxy) is 4. The van der Waals surface area contributed by atoms with Gasteiger partial charge in [0.15, 0.2) is 12.2 Å². The third kappa shape index (κ3) is 71.5. The van der Waals surface area contributed by atoms with Crippen LogP contribution < -0.4 is 0 Å². The van der Waals surface area contributed by atoms with Crippen molar-refractivity contribution in [2.24, 2.45) is 23.7 Å². The second kappa shape index (κ2) is 69.1. The van der Waals surface area contributed by atoms with Gasteiger partial charge in [-0.25, -0.2) is 9.13 Å². The van der Waals surface area contributed by atoms with Crippen molar-refractivity contribution in [2.45, 2.75) is 427 Å². The second-order valence-electron chi connectivity index (χ2n) is 30.2. The van der Waals surface area contributed by atoms with Gasteiger partial charge in [-0.2, -0.15) is 0 Å². The number of esters is 4. The van der Waals surface area contributed by atoms with Gasteiger partial charge >= 0.3 is 39.5 Å². The van der Waals surface area contributed by atoms with Gasteiger partial charge in [0.25, 0.3) is 0 Å². The lowest BCUT2D eigenvalue weighted by Crippen LogP contribution is -2.30. The van der Waals surface area contributed by atoms with Crippen LogP contribution in [0.1, 0.15) is 409 Å². The molecular formula is C80H156O17P2. The molecule has 19 heteroatoms. The molecule has 0 aliphatic rings. The van der Waals surface area contributed by atoms with Crippen LogP contribution in [0.5, 0.6) is 0 Å². The maximum absolute atomic E-state index is 13.1. The molecule has 0 saturated carbocycles. The summed E-state index contributed by atoms with van der Waals surface area (Å²) in [6.07, 6.45) is 55.5. The molecular weight excluding hydrogens is 1290 g/mol. The number of phosphoric ester groups is 2. The van der Waals surface area contributed by atoms with Crippen molar-refractivity contribution in [3.63, 3.8) is 0 Å². The average molecular weight is 1450 g/mol. The van der Waals surface area contributed by atoms with Crippen molar-refractivity contribution in [1.82, 2.24) is 0 Å². The zero-order valence-corrected chi connectivity index (χ0v) is 66.9. The van der Waals surface area contributed by atoms with E-state index < -0.39 is 97.5 Å². The van der Waals surface area contributed by atoms with Crippen LogP contribution in [0.3, 0.4) is 0 Å². The summed E-state index contributed by atoms with van der Waals surface area (Å²) in [6.45, 7) is 14.3.